The van der Waals surface area contributed by atoms with Gasteiger partial charge in [-0.15, -0.1) is 0 Å². The van der Waals surface area contributed by atoms with Crippen LogP contribution < -0.4 is 4.90 Å². The molecule has 0 saturated carbocycles. The van der Waals surface area contributed by atoms with Crippen molar-refractivity contribution in [3.8, 4) is 0 Å². The topological polar surface area (TPSA) is 58.6 Å². The number of amides is 1. The zero-order valence-corrected chi connectivity index (χ0v) is 21.7. The van der Waals surface area contributed by atoms with E-state index in [2.05, 4.69) is 25.9 Å². The third kappa shape index (κ3) is 6.53. The van der Waals surface area contributed by atoms with Gasteiger partial charge in [0.15, 0.2) is 0 Å². The van der Waals surface area contributed by atoms with Gasteiger partial charge in [-0.1, -0.05) is 11.6 Å². The molecular formula is C23H27BrClF3N4O2. The van der Waals surface area contributed by atoms with E-state index in [1.54, 1.807) is 31.1 Å². The minimum Gasteiger partial charge on any atom is -0.447 e. The number of halogens is 5. The number of anilines is 1. The zero-order valence-electron chi connectivity index (χ0n) is 19.3. The number of carbonyl (C=O) groups is 1. The second-order valence-electron chi connectivity index (χ2n) is 8.84. The number of alkyl halides is 3. The molecule has 1 saturated heterocycles. The van der Waals surface area contributed by atoms with Crippen molar-refractivity contribution < 1.29 is 22.7 Å². The fraction of sp³-hybridized carbons (Fsp3) is 0.522. The standard InChI is InChI=1S/C23H27BrClF3N4O2/c1-13(2)34-22(33)32-14(3)5-20(6-15(32)4)31(21-29-10-18(24)11-30-21)12-16-7-17(23(26,27)28)9-19(25)8-16/h7-11,13-15,20H,5-6,12H2,1-4H3/t14-,15+,20?. The van der Waals surface area contributed by atoms with E-state index in [9.17, 15) is 18.0 Å². The van der Waals surface area contributed by atoms with Crippen molar-refractivity contribution in [1.29, 1.82) is 0 Å². The van der Waals surface area contributed by atoms with Crippen LogP contribution in [0.15, 0.2) is 35.1 Å². The Labute approximate surface area is 210 Å². The molecule has 2 aromatic rings. The molecule has 0 aliphatic carbocycles. The van der Waals surface area contributed by atoms with Crippen molar-refractivity contribution in [2.75, 3.05) is 4.90 Å². The number of rotatable bonds is 5. The SMILES string of the molecule is CC(C)OC(=O)N1[C@H](C)CC(N(Cc2cc(Cl)cc(C(F)(F)F)c2)c2ncc(Br)cn2)C[C@@H]1C. The van der Waals surface area contributed by atoms with Gasteiger partial charge in [-0.05, 0) is 80.2 Å². The average Bonchev–Trinajstić information content (AvgIpc) is 2.70. The number of piperidine rings is 1. The Morgan fingerprint density at radius 3 is 2.32 bits per heavy atom. The maximum absolute atomic E-state index is 13.4. The summed E-state index contributed by atoms with van der Waals surface area (Å²) in [6.07, 6.45) is -0.781. The van der Waals surface area contributed by atoms with Crippen LogP contribution in [0.4, 0.5) is 23.9 Å². The summed E-state index contributed by atoms with van der Waals surface area (Å²) in [4.78, 5) is 25.0. The lowest BCUT2D eigenvalue weighted by Crippen LogP contribution is -2.55. The van der Waals surface area contributed by atoms with Crippen molar-refractivity contribution in [2.45, 2.75) is 77.5 Å². The van der Waals surface area contributed by atoms with E-state index < -0.39 is 11.7 Å². The minimum absolute atomic E-state index is 0.00878. The lowest BCUT2D eigenvalue weighted by atomic mass is 9.91. The summed E-state index contributed by atoms with van der Waals surface area (Å²) >= 11 is 9.34. The van der Waals surface area contributed by atoms with Crippen molar-refractivity contribution in [3.05, 3.63) is 51.2 Å². The molecule has 11 heteroatoms. The highest BCUT2D eigenvalue weighted by atomic mass is 79.9. The van der Waals surface area contributed by atoms with Gasteiger partial charge < -0.3 is 14.5 Å². The van der Waals surface area contributed by atoms with Gasteiger partial charge in [-0.25, -0.2) is 14.8 Å². The molecule has 0 bridgehead atoms. The maximum Gasteiger partial charge on any atom is 0.416 e. The van der Waals surface area contributed by atoms with Gasteiger partial charge in [0.1, 0.15) is 0 Å². The molecule has 0 spiro atoms. The molecule has 6 nitrogen and oxygen atoms in total. The first-order valence-electron chi connectivity index (χ1n) is 10.9. The summed E-state index contributed by atoms with van der Waals surface area (Å²) in [5, 5.41) is 0.00878. The van der Waals surface area contributed by atoms with Gasteiger partial charge >= 0.3 is 12.3 Å². The number of ether oxygens (including phenoxy) is 1. The first-order chi connectivity index (χ1) is 15.8. The van der Waals surface area contributed by atoms with Crippen molar-refractivity contribution in [1.82, 2.24) is 14.9 Å². The molecule has 1 aliphatic rings. The lowest BCUT2D eigenvalue weighted by molar-refractivity contribution is -0.137. The molecule has 1 aromatic carbocycles. The van der Waals surface area contributed by atoms with Crippen molar-refractivity contribution in [2.24, 2.45) is 0 Å². The summed E-state index contributed by atoms with van der Waals surface area (Å²) in [7, 11) is 0. The molecule has 0 radical (unpaired) electrons. The molecule has 1 aromatic heterocycles. The van der Waals surface area contributed by atoms with Gasteiger partial charge in [0.05, 0.1) is 16.1 Å². The van der Waals surface area contributed by atoms with Crippen molar-refractivity contribution in [3.63, 3.8) is 0 Å². The monoisotopic (exact) mass is 562 g/mol. The second-order valence-corrected chi connectivity index (χ2v) is 10.2. The van der Waals surface area contributed by atoms with Crippen LogP contribution in [0.25, 0.3) is 0 Å². The first-order valence-corrected chi connectivity index (χ1v) is 12.1. The van der Waals surface area contributed by atoms with Gasteiger partial charge in [0.25, 0.3) is 0 Å². The molecule has 1 fully saturated rings. The van der Waals surface area contributed by atoms with Crippen LogP contribution in [0.1, 0.15) is 51.7 Å². The van der Waals surface area contributed by atoms with Crippen LogP contribution in [-0.2, 0) is 17.5 Å². The summed E-state index contributed by atoms with van der Waals surface area (Å²) < 4.78 is 46.2. The highest BCUT2D eigenvalue weighted by molar-refractivity contribution is 9.10. The summed E-state index contributed by atoms with van der Waals surface area (Å²) in [6.45, 7) is 7.60. The Morgan fingerprint density at radius 2 is 1.79 bits per heavy atom. The Hall–Kier alpha value is -2.07. The number of nitrogens with zero attached hydrogens (tertiary/aromatic N) is 4. The van der Waals surface area contributed by atoms with Gasteiger partial charge in [0, 0.05) is 42.1 Å². The Morgan fingerprint density at radius 1 is 1.21 bits per heavy atom. The van der Waals surface area contributed by atoms with Gasteiger partial charge in [-0.3, -0.25) is 0 Å². The second kappa shape index (κ2) is 10.7. The predicted molar refractivity (Wildman–Crippen MR) is 128 cm³/mol. The van der Waals surface area contributed by atoms with Crippen molar-refractivity contribution >= 4 is 39.6 Å². The van der Waals surface area contributed by atoms with Crippen LogP contribution in [0, 0.1) is 0 Å². The van der Waals surface area contributed by atoms with Gasteiger partial charge in [0.2, 0.25) is 5.95 Å². The fourth-order valence-corrected chi connectivity index (χ4v) is 4.80. The van der Waals surface area contributed by atoms with E-state index >= 15 is 0 Å². The number of benzene rings is 1. The van der Waals surface area contributed by atoms with E-state index in [-0.39, 0.29) is 41.9 Å². The van der Waals surface area contributed by atoms with Crippen LogP contribution in [0.5, 0.6) is 0 Å². The van der Waals surface area contributed by atoms with Crippen LogP contribution >= 0.6 is 27.5 Å². The Bertz CT molecular complexity index is 995. The van der Waals surface area contributed by atoms with E-state index in [1.165, 1.54) is 6.07 Å². The van der Waals surface area contributed by atoms with E-state index in [0.717, 1.165) is 12.1 Å². The fourth-order valence-electron chi connectivity index (χ4n) is 4.34. The highest BCUT2D eigenvalue weighted by Gasteiger charge is 2.38. The normalized spacial score (nSPS) is 21.0. The summed E-state index contributed by atoms with van der Waals surface area (Å²) in [5.74, 6) is 0.388. The molecule has 3 atom stereocenters. The number of aromatic nitrogens is 2. The van der Waals surface area contributed by atoms with Crippen LogP contribution in [0.3, 0.4) is 0 Å². The molecule has 1 unspecified atom stereocenters. The quantitative estimate of drug-likeness (QED) is 0.405. The van der Waals surface area contributed by atoms with Crippen LogP contribution in [0.2, 0.25) is 5.02 Å². The molecular weight excluding hydrogens is 537 g/mol. The smallest absolute Gasteiger partial charge is 0.416 e. The van der Waals surface area contributed by atoms with Gasteiger partial charge in [-0.2, -0.15) is 13.2 Å². The predicted octanol–water partition coefficient (Wildman–Crippen LogP) is 6.70. The largest absolute Gasteiger partial charge is 0.447 e. The zero-order chi connectivity index (χ0) is 25.2. The van der Waals surface area contributed by atoms with Crippen LogP contribution in [-0.4, -0.2) is 45.2 Å². The molecule has 34 heavy (non-hydrogen) atoms. The Kier molecular flexibility index (Phi) is 8.34. The lowest BCUT2D eigenvalue weighted by Gasteiger charge is -2.45. The number of hydrogen-bond donors (Lipinski definition) is 0. The molecule has 0 N–H and O–H groups in total. The van der Waals surface area contributed by atoms with E-state index in [4.69, 9.17) is 16.3 Å². The average molecular weight is 564 g/mol. The molecule has 1 amide bonds. The molecule has 186 valence electrons. The number of likely N-dealkylation sites (tertiary alicyclic amines) is 1. The Balaban J connectivity index is 1.92. The first kappa shape index (κ1) is 26.5. The van der Waals surface area contributed by atoms with E-state index in [0.29, 0.717) is 28.8 Å². The molecule has 2 heterocycles. The summed E-state index contributed by atoms with van der Waals surface area (Å²) in [5.41, 5.74) is -0.409. The third-order valence-electron chi connectivity index (χ3n) is 5.67. The number of carbonyl (C=O) groups excluding carboxylic acids is 1. The summed E-state index contributed by atoms with van der Waals surface area (Å²) in [6, 6.07) is 3.10. The molecule has 1 aliphatic heterocycles. The minimum atomic E-state index is -4.51. The third-order valence-corrected chi connectivity index (χ3v) is 6.29. The maximum atomic E-state index is 13.4. The highest BCUT2D eigenvalue weighted by Crippen LogP contribution is 2.34. The molecule has 3 rings (SSSR count). The van der Waals surface area contributed by atoms with E-state index in [1.807, 2.05) is 18.7 Å². The number of hydrogen-bond acceptors (Lipinski definition) is 5.